The molecule has 0 saturated carbocycles. The lowest BCUT2D eigenvalue weighted by molar-refractivity contribution is 0.408. The van der Waals surface area contributed by atoms with Crippen LogP contribution in [0.3, 0.4) is 0 Å². The van der Waals surface area contributed by atoms with Gasteiger partial charge in [0.2, 0.25) is 5.88 Å². The first-order valence-electron chi connectivity index (χ1n) is 5.62. The van der Waals surface area contributed by atoms with E-state index in [1.165, 1.54) is 0 Å². The summed E-state index contributed by atoms with van der Waals surface area (Å²) in [5.74, 6) is 1.29. The Hall–Kier alpha value is -1.68. The third kappa shape index (κ3) is 2.16. The molecule has 1 heterocycles. The fraction of sp³-hybridized carbons (Fsp3) is 0.308. The molecular weight excluding hydrogens is 252 g/mol. The van der Waals surface area contributed by atoms with Crippen LogP contribution in [0.25, 0.3) is 11.1 Å². The first-order valence-corrected chi connectivity index (χ1v) is 6.00. The minimum Gasteiger partial charge on any atom is -0.496 e. The van der Waals surface area contributed by atoms with Gasteiger partial charge in [0.05, 0.1) is 18.9 Å². The van der Waals surface area contributed by atoms with E-state index in [-0.39, 0.29) is 11.8 Å². The second kappa shape index (κ2) is 4.90. The van der Waals surface area contributed by atoms with Crippen molar-refractivity contribution in [1.29, 1.82) is 0 Å². The van der Waals surface area contributed by atoms with Gasteiger partial charge >= 0.3 is 0 Å². The van der Waals surface area contributed by atoms with E-state index in [0.717, 1.165) is 16.9 Å². The molecule has 0 radical (unpaired) electrons. The number of ether oxygens (including phenoxy) is 1. The van der Waals surface area contributed by atoms with Crippen LogP contribution in [0.15, 0.2) is 22.9 Å². The number of methoxy groups -OCH3 is 1. The fourth-order valence-electron chi connectivity index (χ4n) is 1.94. The molecule has 0 amide bonds. The third-order valence-corrected chi connectivity index (χ3v) is 3.11. The molecule has 0 aliphatic carbocycles. The topological polar surface area (TPSA) is 61.3 Å². The molecule has 2 rings (SSSR count). The maximum absolute atomic E-state index is 6.31. The summed E-state index contributed by atoms with van der Waals surface area (Å²) >= 11 is 6.31. The van der Waals surface area contributed by atoms with Crippen molar-refractivity contribution < 1.29 is 9.26 Å². The number of rotatable bonds is 3. The minimum absolute atomic E-state index is 0.269. The maximum atomic E-state index is 6.31. The molecule has 1 aromatic heterocycles. The van der Waals surface area contributed by atoms with E-state index in [1.807, 2.05) is 12.1 Å². The third-order valence-electron chi connectivity index (χ3n) is 2.80. The molecule has 5 heteroatoms. The average Bonchev–Trinajstić information content (AvgIpc) is 2.73. The largest absolute Gasteiger partial charge is 0.496 e. The van der Waals surface area contributed by atoms with Crippen LogP contribution >= 0.6 is 11.6 Å². The van der Waals surface area contributed by atoms with Gasteiger partial charge in [-0.3, -0.25) is 0 Å². The summed E-state index contributed by atoms with van der Waals surface area (Å²) in [7, 11) is 1.62. The van der Waals surface area contributed by atoms with Gasteiger partial charge in [-0.1, -0.05) is 30.6 Å². The van der Waals surface area contributed by atoms with Crippen LogP contribution in [0, 0.1) is 0 Å². The van der Waals surface area contributed by atoms with Gasteiger partial charge in [0, 0.05) is 10.6 Å². The van der Waals surface area contributed by atoms with Crippen molar-refractivity contribution in [3.63, 3.8) is 0 Å². The molecule has 4 nitrogen and oxygen atoms in total. The molecule has 2 N–H and O–H groups in total. The lowest BCUT2D eigenvalue weighted by Crippen LogP contribution is -1.97. The van der Waals surface area contributed by atoms with E-state index >= 15 is 0 Å². The second-order valence-electron chi connectivity index (χ2n) is 4.33. The normalized spacial score (nSPS) is 10.9. The second-order valence-corrected chi connectivity index (χ2v) is 4.74. The van der Waals surface area contributed by atoms with E-state index < -0.39 is 0 Å². The highest BCUT2D eigenvalue weighted by Gasteiger charge is 2.16. The van der Waals surface area contributed by atoms with Crippen LogP contribution in [0.1, 0.15) is 25.3 Å². The van der Waals surface area contributed by atoms with E-state index in [4.69, 9.17) is 26.6 Å². The molecule has 0 aliphatic rings. The number of nitrogens with zero attached hydrogens (tertiary/aromatic N) is 1. The summed E-state index contributed by atoms with van der Waals surface area (Å²) in [5, 5.41) is 4.31. The van der Waals surface area contributed by atoms with E-state index in [1.54, 1.807) is 13.3 Å². The number of anilines is 1. The Morgan fingerprint density at radius 3 is 2.61 bits per heavy atom. The minimum atomic E-state index is 0.269. The summed E-state index contributed by atoms with van der Waals surface area (Å²) in [6, 6.07) is 3.74. The highest BCUT2D eigenvalue weighted by atomic mass is 35.5. The molecule has 96 valence electrons. The van der Waals surface area contributed by atoms with Gasteiger partial charge < -0.3 is 15.0 Å². The van der Waals surface area contributed by atoms with Crippen molar-refractivity contribution in [2.75, 3.05) is 12.8 Å². The summed E-state index contributed by atoms with van der Waals surface area (Å²) in [6.45, 7) is 4.13. The smallest absolute Gasteiger partial charge is 0.229 e. The molecule has 0 fully saturated rings. The molecule has 18 heavy (non-hydrogen) atoms. The van der Waals surface area contributed by atoms with Gasteiger partial charge in [0.1, 0.15) is 5.75 Å². The first kappa shape index (κ1) is 12.8. The predicted octanol–water partition coefficient (Wildman–Crippen LogP) is 3.71. The summed E-state index contributed by atoms with van der Waals surface area (Å²) in [6.07, 6.45) is 1.56. The van der Waals surface area contributed by atoms with Crippen LogP contribution in [0.5, 0.6) is 5.75 Å². The number of benzene rings is 1. The van der Waals surface area contributed by atoms with Crippen molar-refractivity contribution >= 4 is 17.5 Å². The average molecular weight is 267 g/mol. The van der Waals surface area contributed by atoms with Crippen LogP contribution in [-0.4, -0.2) is 12.3 Å². The molecule has 2 aromatic rings. The standard InChI is InChI=1S/C13H15ClN2O2/c1-7(2)12-10(14)4-8(5-11(12)17-3)9-6-16-18-13(9)15/h4-7H,15H2,1-3H3. The number of nitrogens with two attached hydrogens (primary N) is 1. The highest BCUT2D eigenvalue weighted by Crippen LogP contribution is 2.38. The van der Waals surface area contributed by atoms with E-state index in [9.17, 15) is 0 Å². The number of hydrogen-bond acceptors (Lipinski definition) is 4. The summed E-state index contributed by atoms with van der Waals surface area (Å²) < 4.78 is 10.2. The lowest BCUT2D eigenvalue weighted by atomic mass is 9.98. The fourth-order valence-corrected chi connectivity index (χ4v) is 2.37. The number of hydrogen-bond donors (Lipinski definition) is 1. The zero-order valence-electron chi connectivity index (χ0n) is 10.5. The van der Waals surface area contributed by atoms with Gasteiger partial charge in [-0.2, -0.15) is 0 Å². The van der Waals surface area contributed by atoms with Gasteiger partial charge in [0.25, 0.3) is 0 Å². The monoisotopic (exact) mass is 266 g/mol. The van der Waals surface area contributed by atoms with Crippen molar-refractivity contribution in [1.82, 2.24) is 5.16 Å². The van der Waals surface area contributed by atoms with Gasteiger partial charge in [0.15, 0.2) is 0 Å². The van der Waals surface area contributed by atoms with Crippen LogP contribution in [0.4, 0.5) is 5.88 Å². The Bertz CT molecular complexity index is 564. The Labute approximate surface area is 111 Å². The van der Waals surface area contributed by atoms with Crippen LogP contribution < -0.4 is 10.5 Å². The lowest BCUT2D eigenvalue weighted by Gasteiger charge is -2.15. The van der Waals surface area contributed by atoms with Gasteiger partial charge in [-0.25, -0.2) is 0 Å². The maximum Gasteiger partial charge on any atom is 0.229 e. The molecular formula is C13H15ClN2O2. The summed E-state index contributed by atoms with van der Waals surface area (Å²) in [5.41, 5.74) is 8.23. The predicted molar refractivity (Wildman–Crippen MR) is 72.0 cm³/mol. The molecule has 0 saturated heterocycles. The van der Waals surface area contributed by atoms with Crippen molar-refractivity contribution in [2.45, 2.75) is 19.8 Å². The molecule has 0 spiro atoms. The number of halogens is 1. The van der Waals surface area contributed by atoms with Crippen molar-refractivity contribution in [2.24, 2.45) is 0 Å². The number of aromatic nitrogens is 1. The Balaban J connectivity index is 2.60. The van der Waals surface area contributed by atoms with Crippen LogP contribution in [-0.2, 0) is 0 Å². The summed E-state index contributed by atoms with van der Waals surface area (Å²) in [4.78, 5) is 0. The first-order chi connectivity index (χ1) is 8.54. The highest BCUT2D eigenvalue weighted by molar-refractivity contribution is 6.32. The molecule has 0 bridgehead atoms. The SMILES string of the molecule is COc1cc(-c2cnoc2N)cc(Cl)c1C(C)C. The van der Waals surface area contributed by atoms with Gasteiger partial charge in [-0.15, -0.1) is 0 Å². The van der Waals surface area contributed by atoms with E-state index in [0.29, 0.717) is 10.6 Å². The van der Waals surface area contributed by atoms with Crippen molar-refractivity contribution in [3.05, 3.63) is 28.9 Å². The zero-order valence-corrected chi connectivity index (χ0v) is 11.3. The van der Waals surface area contributed by atoms with Gasteiger partial charge in [-0.05, 0) is 23.6 Å². The molecule has 0 unspecified atom stereocenters. The van der Waals surface area contributed by atoms with E-state index in [2.05, 4.69) is 19.0 Å². The zero-order chi connectivity index (χ0) is 13.3. The molecule has 1 aromatic carbocycles. The van der Waals surface area contributed by atoms with Crippen LogP contribution in [0.2, 0.25) is 5.02 Å². The Morgan fingerprint density at radius 2 is 2.11 bits per heavy atom. The Morgan fingerprint density at radius 1 is 1.39 bits per heavy atom. The molecule has 0 atom stereocenters. The number of nitrogen functional groups attached to an aromatic ring is 1. The van der Waals surface area contributed by atoms with Crippen molar-refractivity contribution in [3.8, 4) is 16.9 Å². The quantitative estimate of drug-likeness (QED) is 0.920. The Kier molecular flexibility index (Phi) is 3.48. The molecule has 0 aliphatic heterocycles.